The molecule has 0 atom stereocenters. The predicted molar refractivity (Wildman–Crippen MR) is 80.8 cm³/mol. The van der Waals surface area contributed by atoms with Crippen LogP contribution in [0.5, 0.6) is 0 Å². The summed E-state index contributed by atoms with van der Waals surface area (Å²) in [6.45, 7) is 2.25. The first kappa shape index (κ1) is 17.2. The molecule has 0 heterocycles. The average Bonchev–Trinajstić information content (AvgIpc) is 2.39. The normalized spacial score (nSPS) is 11.6. The van der Waals surface area contributed by atoms with Crippen LogP contribution < -0.4 is 0 Å². The number of rotatable bonds is 13. The zero-order valence-electron chi connectivity index (χ0n) is 12.1. The Hall–Kier alpha value is -0.850. The number of carbonyl (C=O) groups is 1. The van der Waals surface area contributed by atoms with Crippen LogP contribution in [-0.4, -0.2) is 6.29 Å². The van der Waals surface area contributed by atoms with E-state index in [9.17, 15) is 4.79 Å². The van der Waals surface area contributed by atoms with Crippen molar-refractivity contribution in [3.05, 3.63) is 24.3 Å². The molecule has 0 rings (SSSR count). The summed E-state index contributed by atoms with van der Waals surface area (Å²) in [6.07, 6.45) is 23.2. The number of allylic oxidation sites excluding steroid dienone is 4. The van der Waals surface area contributed by atoms with Gasteiger partial charge < -0.3 is 4.79 Å². The van der Waals surface area contributed by atoms with Crippen molar-refractivity contribution in [2.45, 2.75) is 77.6 Å². The molecule has 1 heteroatoms. The van der Waals surface area contributed by atoms with E-state index in [-0.39, 0.29) is 0 Å². The number of carbonyl (C=O) groups excluding carboxylic acids is 1. The standard InChI is InChI=1S/C17H30O/c1-2-3-4-5-6-7-8-9-10-11-12-13-14-15-16-17-18/h7-8,13-14,17H,2-6,9-12,15-16H2,1H3/b8-7+,14-13+. The van der Waals surface area contributed by atoms with Gasteiger partial charge in [0, 0.05) is 6.42 Å². The second kappa shape index (κ2) is 16.1. The molecule has 0 bridgehead atoms. The van der Waals surface area contributed by atoms with Crippen molar-refractivity contribution in [3.8, 4) is 0 Å². The topological polar surface area (TPSA) is 17.1 Å². The summed E-state index contributed by atoms with van der Waals surface area (Å²) in [5.74, 6) is 0. The van der Waals surface area contributed by atoms with E-state index in [1.807, 2.05) is 0 Å². The SMILES string of the molecule is CCCCCC/C=C/CCCC/C=C/CCC=O. The van der Waals surface area contributed by atoms with Crippen LogP contribution in [0, 0.1) is 0 Å². The molecule has 0 aliphatic rings. The smallest absolute Gasteiger partial charge is 0.120 e. The highest BCUT2D eigenvalue weighted by Crippen LogP contribution is 2.06. The van der Waals surface area contributed by atoms with E-state index >= 15 is 0 Å². The maximum absolute atomic E-state index is 10.1. The van der Waals surface area contributed by atoms with Crippen molar-refractivity contribution in [2.24, 2.45) is 0 Å². The van der Waals surface area contributed by atoms with Crippen LogP contribution in [0.3, 0.4) is 0 Å². The molecule has 104 valence electrons. The Bertz CT molecular complexity index is 216. The molecular formula is C17H30O. The van der Waals surface area contributed by atoms with E-state index in [1.165, 1.54) is 51.4 Å². The maximum Gasteiger partial charge on any atom is 0.120 e. The lowest BCUT2D eigenvalue weighted by atomic mass is 10.1. The number of aldehydes is 1. The van der Waals surface area contributed by atoms with Gasteiger partial charge in [-0.15, -0.1) is 0 Å². The largest absolute Gasteiger partial charge is 0.303 e. The van der Waals surface area contributed by atoms with E-state index in [4.69, 9.17) is 0 Å². The van der Waals surface area contributed by atoms with Crippen LogP contribution in [0.15, 0.2) is 24.3 Å². The third-order valence-electron chi connectivity index (χ3n) is 3.00. The maximum atomic E-state index is 10.1. The first-order valence-electron chi connectivity index (χ1n) is 7.65. The molecule has 0 N–H and O–H groups in total. The molecule has 0 saturated carbocycles. The number of hydrogen-bond acceptors (Lipinski definition) is 1. The second-order valence-corrected chi connectivity index (χ2v) is 4.82. The fourth-order valence-corrected chi connectivity index (χ4v) is 1.85. The first-order valence-corrected chi connectivity index (χ1v) is 7.65. The summed E-state index contributed by atoms with van der Waals surface area (Å²) in [5.41, 5.74) is 0. The molecule has 0 aromatic carbocycles. The zero-order chi connectivity index (χ0) is 13.3. The lowest BCUT2D eigenvalue weighted by molar-refractivity contribution is -0.107. The van der Waals surface area contributed by atoms with Crippen molar-refractivity contribution >= 4 is 6.29 Å². The van der Waals surface area contributed by atoms with Crippen molar-refractivity contribution in [1.82, 2.24) is 0 Å². The third-order valence-corrected chi connectivity index (χ3v) is 3.00. The highest BCUT2D eigenvalue weighted by molar-refractivity contribution is 5.49. The van der Waals surface area contributed by atoms with E-state index in [0.717, 1.165) is 19.1 Å². The van der Waals surface area contributed by atoms with Gasteiger partial charge in [-0.2, -0.15) is 0 Å². The van der Waals surface area contributed by atoms with Crippen LogP contribution >= 0.6 is 0 Å². The van der Waals surface area contributed by atoms with Crippen molar-refractivity contribution in [3.63, 3.8) is 0 Å². The summed E-state index contributed by atoms with van der Waals surface area (Å²) >= 11 is 0. The Morgan fingerprint density at radius 3 is 1.61 bits per heavy atom. The van der Waals surface area contributed by atoms with Crippen LogP contribution in [0.4, 0.5) is 0 Å². The van der Waals surface area contributed by atoms with Crippen LogP contribution in [0.2, 0.25) is 0 Å². The lowest BCUT2D eigenvalue weighted by Crippen LogP contribution is -1.76. The summed E-state index contributed by atoms with van der Waals surface area (Å²) in [7, 11) is 0. The second-order valence-electron chi connectivity index (χ2n) is 4.82. The average molecular weight is 250 g/mol. The minimum absolute atomic E-state index is 0.664. The first-order chi connectivity index (χ1) is 8.91. The van der Waals surface area contributed by atoms with Crippen LogP contribution in [-0.2, 0) is 4.79 Å². The number of hydrogen-bond donors (Lipinski definition) is 0. The number of unbranched alkanes of at least 4 members (excludes halogenated alkanes) is 8. The van der Waals surface area contributed by atoms with Gasteiger partial charge in [0.05, 0.1) is 0 Å². The van der Waals surface area contributed by atoms with E-state index < -0.39 is 0 Å². The minimum Gasteiger partial charge on any atom is -0.303 e. The summed E-state index contributed by atoms with van der Waals surface area (Å²) in [6, 6.07) is 0. The van der Waals surface area contributed by atoms with Gasteiger partial charge in [-0.3, -0.25) is 0 Å². The van der Waals surface area contributed by atoms with Crippen LogP contribution in [0.25, 0.3) is 0 Å². The summed E-state index contributed by atoms with van der Waals surface area (Å²) in [5, 5.41) is 0. The van der Waals surface area contributed by atoms with Gasteiger partial charge in [0.2, 0.25) is 0 Å². The van der Waals surface area contributed by atoms with Gasteiger partial charge >= 0.3 is 0 Å². The Morgan fingerprint density at radius 1 is 0.611 bits per heavy atom. The molecular weight excluding hydrogens is 220 g/mol. The van der Waals surface area contributed by atoms with Gasteiger partial charge in [-0.25, -0.2) is 0 Å². The highest BCUT2D eigenvalue weighted by Gasteiger charge is 1.86. The molecule has 0 aromatic heterocycles. The van der Waals surface area contributed by atoms with Gasteiger partial charge in [0.1, 0.15) is 6.29 Å². The van der Waals surface area contributed by atoms with Crippen LogP contribution in [0.1, 0.15) is 77.6 Å². The molecule has 0 aliphatic heterocycles. The molecule has 0 spiro atoms. The highest BCUT2D eigenvalue weighted by atomic mass is 16.1. The van der Waals surface area contributed by atoms with Crippen molar-refractivity contribution < 1.29 is 4.79 Å². The van der Waals surface area contributed by atoms with E-state index in [1.54, 1.807) is 0 Å². The Balaban J connectivity index is 3.12. The zero-order valence-corrected chi connectivity index (χ0v) is 12.1. The van der Waals surface area contributed by atoms with Gasteiger partial charge in [0.25, 0.3) is 0 Å². The van der Waals surface area contributed by atoms with Gasteiger partial charge in [-0.05, 0) is 44.9 Å². The third kappa shape index (κ3) is 15.1. The molecule has 0 aliphatic carbocycles. The van der Waals surface area contributed by atoms with Crippen molar-refractivity contribution in [2.75, 3.05) is 0 Å². The molecule has 0 aromatic rings. The van der Waals surface area contributed by atoms with Crippen molar-refractivity contribution in [1.29, 1.82) is 0 Å². The summed E-state index contributed by atoms with van der Waals surface area (Å²) in [4.78, 5) is 10.1. The molecule has 1 nitrogen and oxygen atoms in total. The fraction of sp³-hybridized carbons (Fsp3) is 0.706. The van der Waals surface area contributed by atoms with E-state index in [0.29, 0.717) is 6.42 Å². The summed E-state index contributed by atoms with van der Waals surface area (Å²) < 4.78 is 0. The Labute approximate surface area is 113 Å². The molecule has 18 heavy (non-hydrogen) atoms. The molecule has 0 unspecified atom stereocenters. The quantitative estimate of drug-likeness (QED) is 0.236. The van der Waals surface area contributed by atoms with Gasteiger partial charge in [-0.1, -0.05) is 50.5 Å². The fourth-order valence-electron chi connectivity index (χ4n) is 1.85. The van der Waals surface area contributed by atoms with E-state index in [2.05, 4.69) is 31.2 Å². The van der Waals surface area contributed by atoms with Gasteiger partial charge in [0.15, 0.2) is 0 Å². The molecule has 0 amide bonds. The monoisotopic (exact) mass is 250 g/mol. The molecule has 0 fully saturated rings. The predicted octanol–water partition coefficient (Wildman–Crippen LogP) is 5.61. The minimum atomic E-state index is 0.664. The Morgan fingerprint density at radius 2 is 1.11 bits per heavy atom. The lowest BCUT2D eigenvalue weighted by Gasteiger charge is -1.95. The Kier molecular flexibility index (Phi) is 15.4. The molecule has 0 radical (unpaired) electrons. The molecule has 0 saturated heterocycles.